The van der Waals surface area contributed by atoms with Crippen molar-refractivity contribution in [2.75, 3.05) is 40.8 Å². The first-order chi connectivity index (χ1) is 11.8. The molecule has 0 rings (SSSR count). The van der Waals surface area contributed by atoms with Crippen molar-refractivity contribution in [2.45, 2.75) is 47.0 Å². The minimum absolute atomic E-state index is 0.146. The summed E-state index contributed by atoms with van der Waals surface area (Å²) in [6.45, 7) is 8.78. The molecule has 0 spiro atoms. The first-order valence-corrected chi connectivity index (χ1v) is 8.42. The highest BCUT2D eigenvalue weighted by Crippen LogP contribution is 1.79. The molecular weight excluding hydrogens is 328 g/mol. The second kappa shape index (κ2) is 38.1. The molecule has 0 saturated heterocycles. The number of aliphatic carboxylic acids is 2. The minimum Gasteiger partial charge on any atom is -0.481 e. The van der Waals surface area contributed by atoms with E-state index in [2.05, 4.69) is 28.6 Å². The summed E-state index contributed by atoms with van der Waals surface area (Å²) in [4.78, 5) is 29.8. The number of nitrogens with two attached hydrogens (primary N) is 1. The Morgan fingerprint density at radius 2 is 1.32 bits per heavy atom. The van der Waals surface area contributed by atoms with Crippen LogP contribution in [-0.4, -0.2) is 68.8 Å². The molecule has 0 unspecified atom stereocenters. The van der Waals surface area contributed by atoms with Crippen LogP contribution in [0.1, 0.15) is 47.0 Å². The maximum Gasteiger partial charge on any atom is 0.322 e. The van der Waals surface area contributed by atoms with Crippen LogP contribution in [0.15, 0.2) is 0 Å². The normalized spacial score (nSPS) is 7.68. The number of carboxylic acids is 2. The molecule has 0 atom stereocenters. The minimum atomic E-state index is -1.04. The largest absolute Gasteiger partial charge is 0.481 e. The Morgan fingerprint density at radius 1 is 0.880 bits per heavy atom. The number of amides is 1. The number of carbonyl (C=O) groups is 3. The number of rotatable bonds is 8. The maximum atomic E-state index is 10.5. The van der Waals surface area contributed by atoms with Gasteiger partial charge in [0.2, 0.25) is 5.91 Å². The maximum absolute atomic E-state index is 10.5. The van der Waals surface area contributed by atoms with Gasteiger partial charge in [0.1, 0.15) is 6.54 Å². The first kappa shape index (κ1) is 34.6. The molecule has 0 aromatic rings. The lowest BCUT2D eigenvalue weighted by Gasteiger charge is -1.99. The third kappa shape index (κ3) is 72.0. The lowest BCUT2D eigenvalue weighted by atomic mass is 10.3. The smallest absolute Gasteiger partial charge is 0.322 e. The van der Waals surface area contributed by atoms with Gasteiger partial charge >= 0.3 is 11.9 Å². The average Bonchev–Trinajstić information content (AvgIpc) is 2.63. The summed E-state index contributed by atoms with van der Waals surface area (Å²) in [7, 11) is 5.09. The Hall–Kier alpha value is -1.71. The van der Waals surface area contributed by atoms with E-state index in [-0.39, 0.29) is 25.4 Å². The number of hydrogen-bond donors (Lipinski definition) is 6. The molecule has 25 heavy (non-hydrogen) atoms. The van der Waals surface area contributed by atoms with Gasteiger partial charge in [-0.25, -0.2) is 0 Å². The predicted octanol–water partition coefficient (Wildman–Crippen LogP) is 0.495. The third-order valence-electron chi connectivity index (χ3n) is 1.86. The Bertz CT molecular complexity index is 273. The Balaban J connectivity index is -0.0000000767. The summed E-state index contributed by atoms with van der Waals surface area (Å²) in [6.07, 6.45) is 2.82. The molecule has 0 heterocycles. The topological polar surface area (TPSA) is 154 Å². The van der Waals surface area contributed by atoms with E-state index >= 15 is 0 Å². The van der Waals surface area contributed by atoms with Crippen LogP contribution in [0, 0.1) is 0 Å². The van der Waals surface area contributed by atoms with Crippen molar-refractivity contribution in [3.05, 3.63) is 0 Å². The van der Waals surface area contributed by atoms with Crippen molar-refractivity contribution in [3.63, 3.8) is 0 Å². The standard InChI is InChI=1S/C5H10N2O3.C5H13N.C3H6O2.C2H6.CH5N/c1-6-2-4(8)7-3-5(9)10;1-3-4-5-6-2;1-2-3(4)5;2*1-2/h6H,2-3H2,1H3,(H,7,8)(H,9,10);6H,3-5H2,1-2H3;2H2,1H3,(H,4,5);1-2H3;2H2,1H3. The fourth-order valence-corrected chi connectivity index (χ4v) is 0.751. The Morgan fingerprint density at radius 3 is 1.52 bits per heavy atom. The van der Waals surface area contributed by atoms with Crippen LogP contribution in [0.4, 0.5) is 0 Å². The van der Waals surface area contributed by atoms with Gasteiger partial charge in [0.05, 0.1) is 6.54 Å². The number of hydrogen-bond acceptors (Lipinski definition) is 6. The Labute approximate surface area is 152 Å². The molecule has 154 valence electrons. The van der Waals surface area contributed by atoms with Crippen molar-refractivity contribution in [1.82, 2.24) is 16.0 Å². The number of unbranched alkanes of at least 4 members (excludes halogenated alkanes) is 1. The van der Waals surface area contributed by atoms with Crippen molar-refractivity contribution >= 4 is 17.8 Å². The van der Waals surface area contributed by atoms with Gasteiger partial charge in [0.15, 0.2) is 0 Å². The van der Waals surface area contributed by atoms with Crippen molar-refractivity contribution in [1.29, 1.82) is 0 Å². The van der Waals surface area contributed by atoms with Gasteiger partial charge < -0.3 is 31.9 Å². The molecule has 0 bridgehead atoms. The van der Waals surface area contributed by atoms with Gasteiger partial charge in [0.25, 0.3) is 0 Å². The summed E-state index contributed by atoms with van der Waals surface area (Å²) in [6, 6.07) is 0. The molecule has 0 radical (unpaired) electrons. The van der Waals surface area contributed by atoms with Crippen molar-refractivity contribution in [3.8, 4) is 0 Å². The number of likely N-dealkylation sites (N-methyl/N-ethyl adjacent to an activating group) is 1. The molecule has 0 aliphatic heterocycles. The number of carbonyl (C=O) groups excluding carboxylic acids is 1. The van der Waals surface area contributed by atoms with E-state index in [9.17, 15) is 14.4 Å². The van der Waals surface area contributed by atoms with Gasteiger partial charge in [-0.3, -0.25) is 14.4 Å². The second-order valence-electron chi connectivity index (χ2n) is 3.91. The second-order valence-corrected chi connectivity index (χ2v) is 3.91. The molecule has 9 nitrogen and oxygen atoms in total. The molecule has 0 aromatic heterocycles. The SMILES string of the molecule is CC.CCC(=O)O.CCCCNC.CN.CNCC(=O)NCC(=O)O. The zero-order chi connectivity index (χ0) is 21.1. The zero-order valence-corrected chi connectivity index (χ0v) is 16.9. The summed E-state index contributed by atoms with van der Waals surface area (Å²) in [5.41, 5.74) is 4.50. The molecule has 0 fully saturated rings. The van der Waals surface area contributed by atoms with E-state index in [1.54, 1.807) is 14.0 Å². The lowest BCUT2D eigenvalue weighted by molar-refractivity contribution is -0.138. The zero-order valence-electron chi connectivity index (χ0n) is 16.9. The average molecular weight is 369 g/mol. The van der Waals surface area contributed by atoms with Gasteiger partial charge in [-0.05, 0) is 34.1 Å². The van der Waals surface area contributed by atoms with Crippen molar-refractivity contribution < 1.29 is 24.6 Å². The molecule has 9 heteroatoms. The molecule has 7 N–H and O–H groups in total. The van der Waals surface area contributed by atoms with Gasteiger partial charge in [-0.1, -0.05) is 34.1 Å². The summed E-state index contributed by atoms with van der Waals surface area (Å²) >= 11 is 0. The van der Waals surface area contributed by atoms with E-state index in [1.807, 2.05) is 20.9 Å². The highest BCUT2D eigenvalue weighted by Gasteiger charge is 2.00. The Kier molecular flexibility index (Phi) is 52.7. The van der Waals surface area contributed by atoms with Crippen LogP contribution in [0.3, 0.4) is 0 Å². The van der Waals surface area contributed by atoms with Crippen molar-refractivity contribution in [2.24, 2.45) is 5.73 Å². The quantitative estimate of drug-likeness (QED) is 0.338. The fourth-order valence-electron chi connectivity index (χ4n) is 0.751. The van der Waals surface area contributed by atoms with Crippen LogP contribution in [0.25, 0.3) is 0 Å². The van der Waals surface area contributed by atoms with Crippen LogP contribution in [-0.2, 0) is 14.4 Å². The molecule has 1 amide bonds. The van der Waals surface area contributed by atoms with Crippen LogP contribution in [0.5, 0.6) is 0 Å². The van der Waals surface area contributed by atoms with E-state index in [4.69, 9.17) is 10.2 Å². The number of carboxylic acid groups (broad SMARTS) is 2. The summed E-state index contributed by atoms with van der Waals surface area (Å²) in [5, 5.41) is 23.7. The molecule has 0 aromatic carbocycles. The van der Waals surface area contributed by atoms with E-state index in [0.717, 1.165) is 6.54 Å². The van der Waals surface area contributed by atoms with E-state index in [0.29, 0.717) is 0 Å². The lowest BCUT2D eigenvalue weighted by Crippen LogP contribution is -2.35. The predicted molar refractivity (Wildman–Crippen MR) is 103 cm³/mol. The third-order valence-corrected chi connectivity index (χ3v) is 1.86. The fraction of sp³-hybridized carbons (Fsp3) is 0.812. The van der Waals surface area contributed by atoms with Crippen LogP contribution >= 0.6 is 0 Å². The van der Waals surface area contributed by atoms with E-state index < -0.39 is 11.9 Å². The molecule has 0 aliphatic carbocycles. The van der Waals surface area contributed by atoms with Gasteiger partial charge in [0, 0.05) is 6.42 Å². The number of nitrogens with one attached hydrogen (secondary N) is 3. The first-order valence-electron chi connectivity index (χ1n) is 8.42. The van der Waals surface area contributed by atoms with Crippen LogP contribution < -0.4 is 21.7 Å². The molecule has 0 aliphatic rings. The highest BCUT2D eigenvalue weighted by molar-refractivity contribution is 5.82. The summed E-state index contributed by atoms with van der Waals surface area (Å²) < 4.78 is 0. The van der Waals surface area contributed by atoms with E-state index in [1.165, 1.54) is 19.9 Å². The summed E-state index contributed by atoms with van der Waals surface area (Å²) in [5.74, 6) is -2.10. The van der Waals surface area contributed by atoms with Crippen LogP contribution in [0.2, 0.25) is 0 Å². The highest BCUT2D eigenvalue weighted by atomic mass is 16.4. The van der Waals surface area contributed by atoms with Gasteiger partial charge in [-0.2, -0.15) is 0 Å². The molecule has 0 saturated carbocycles. The van der Waals surface area contributed by atoms with Gasteiger partial charge in [-0.15, -0.1) is 0 Å². The monoisotopic (exact) mass is 368 g/mol. The molecular formula is C16H40N4O5.